The summed E-state index contributed by atoms with van der Waals surface area (Å²) in [7, 11) is 1.14. The van der Waals surface area contributed by atoms with Crippen LogP contribution in [-0.2, 0) is 16.0 Å². The molecule has 0 atom stereocenters. The first kappa shape index (κ1) is 14.1. The summed E-state index contributed by atoms with van der Waals surface area (Å²) in [6, 6.07) is 0.946. The number of hydrogen-bond donors (Lipinski definition) is 1. The van der Waals surface area contributed by atoms with Crippen LogP contribution in [0.4, 0.5) is 13.2 Å². The first-order valence-electron chi connectivity index (χ1n) is 4.78. The lowest BCUT2D eigenvalue weighted by atomic mass is 10.1. The summed E-state index contributed by atoms with van der Waals surface area (Å²) in [5.74, 6) is -1.43. The summed E-state index contributed by atoms with van der Waals surface area (Å²) in [5, 5.41) is 0. The molecule has 100 valence electrons. The van der Waals surface area contributed by atoms with Crippen molar-refractivity contribution in [3.8, 4) is 5.88 Å². The number of H-pyrrole nitrogens is 1. The molecule has 8 heteroatoms. The van der Waals surface area contributed by atoms with Crippen molar-refractivity contribution >= 4 is 5.97 Å². The number of aromatic nitrogens is 1. The fourth-order valence-corrected chi connectivity index (χ4v) is 1.24. The predicted octanol–water partition coefficient (Wildman–Crippen LogP) is 1.30. The van der Waals surface area contributed by atoms with Gasteiger partial charge in [0.1, 0.15) is 0 Å². The molecule has 0 aliphatic rings. The van der Waals surface area contributed by atoms with Crippen molar-refractivity contribution < 1.29 is 27.4 Å². The summed E-state index contributed by atoms with van der Waals surface area (Å²) in [4.78, 5) is 24.3. The topological polar surface area (TPSA) is 68.4 Å². The minimum atomic E-state index is -4.92. The van der Waals surface area contributed by atoms with Crippen molar-refractivity contribution in [3.63, 3.8) is 0 Å². The Hall–Kier alpha value is -1.99. The van der Waals surface area contributed by atoms with E-state index in [-0.39, 0.29) is 17.5 Å². The summed E-state index contributed by atoms with van der Waals surface area (Å²) in [6.45, 7) is 1.38. The molecule has 0 bridgehead atoms. The highest BCUT2D eigenvalue weighted by atomic mass is 19.4. The molecule has 0 unspecified atom stereocenters. The van der Waals surface area contributed by atoms with Gasteiger partial charge in [0.15, 0.2) is 0 Å². The van der Waals surface area contributed by atoms with Crippen LogP contribution in [0, 0.1) is 6.92 Å². The van der Waals surface area contributed by atoms with E-state index in [0.29, 0.717) is 0 Å². The molecule has 0 radical (unpaired) electrons. The summed E-state index contributed by atoms with van der Waals surface area (Å²) in [5.41, 5.74) is -0.504. The third kappa shape index (κ3) is 3.79. The van der Waals surface area contributed by atoms with Gasteiger partial charge < -0.3 is 9.47 Å². The van der Waals surface area contributed by atoms with Gasteiger partial charge in [-0.1, -0.05) is 0 Å². The van der Waals surface area contributed by atoms with E-state index in [9.17, 15) is 22.8 Å². The number of rotatable bonds is 3. The molecular weight excluding hydrogens is 255 g/mol. The second kappa shape index (κ2) is 5.11. The van der Waals surface area contributed by atoms with E-state index >= 15 is 0 Å². The SMILES string of the molecule is COC(=O)Cc1cc(OC(F)(F)F)[nH]c(=O)c1C. The number of hydrogen-bond acceptors (Lipinski definition) is 4. The smallest absolute Gasteiger partial charge is 0.469 e. The van der Waals surface area contributed by atoms with Gasteiger partial charge in [0, 0.05) is 11.6 Å². The van der Waals surface area contributed by atoms with Crippen LogP contribution in [0.15, 0.2) is 10.9 Å². The number of aromatic amines is 1. The molecule has 5 nitrogen and oxygen atoms in total. The molecule has 0 spiro atoms. The van der Waals surface area contributed by atoms with Crippen LogP contribution < -0.4 is 10.3 Å². The average Bonchev–Trinajstić information content (AvgIpc) is 2.22. The molecule has 0 aliphatic heterocycles. The number of esters is 1. The molecule has 0 aliphatic carbocycles. The van der Waals surface area contributed by atoms with E-state index in [0.717, 1.165) is 13.2 Å². The third-order valence-electron chi connectivity index (χ3n) is 2.15. The molecule has 0 saturated heterocycles. The number of methoxy groups -OCH3 is 1. The number of nitrogens with one attached hydrogen (secondary N) is 1. The minimum Gasteiger partial charge on any atom is -0.469 e. The number of pyridine rings is 1. The van der Waals surface area contributed by atoms with Gasteiger partial charge in [-0.2, -0.15) is 0 Å². The van der Waals surface area contributed by atoms with Crippen molar-refractivity contribution in [2.24, 2.45) is 0 Å². The third-order valence-corrected chi connectivity index (χ3v) is 2.15. The van der Waals surface area contributed by atoms with E-state index in [1.54, 1.807) is 0 Å². The second-order valence-electron chi connectivity index (χ2n) is 3.41. The maximum absolute atomic E-state index is 12.0. The van der Waals surface area contributed by atoms with Crippen LogP contribution in [0.5, 0.6) is 5.88 Å². The largest absolute Gasteiger partial charge is 0.574 e. The van der Waals surface area contributed by atoms with Gasteiger partial charge in [0.25, 0.3) is 5.56 Å². The molecule has 1 aromatic rings. The monoisotopic (exact) mass is 265 g/mol. The molecule has 0 saturated carbocycles. The highest BCUT2D eigenvalue weighted by molar-refractivity contribution is 5.72. The number of ether oxygens (including phenoxy) is 2. The Balaban J connectivity index is 3.10. The molecule has 1 rings (SSSR count). The number of carbonyl (C=O) groups is 1. The Labute approximate surface area is 99.5 Å². The van der Waals surface area contributed by atoms with Crippen molar-refractivity contribution in [3.05, 3.63) is 27.5 Å². The zero-order chi connectivity index (χ0) is 13.9. The van der Waals surface area contributed by atoms with Crippen LogP contribution in [0.2, 0.25) is 0 Å². The van der Waals surface area contributed by atoms with E-state index in [1.165, 1.54) is 6.92 Å². The highest BCUT2D eigenvalue weighted by Crippen LogP contribution is 2.21. The fourth-order valence-electron chi connectivity index (χ4n) is 1.24. The van der Waals surface area contributed by atoms with Gasteiger partial charge >= 0.3 is 12.3 Å². The van der Waals surface area contributed by atoms with E-state index in [2.05, 4.69) is 9.47 Å². The second-order valence-corrected chi connectivity index (χ2v) is 3.41. The normalized spacial score (nSPS) is 11.2. The minimum absolute atomic E-state index is 0.116. The van der Waals surface area contributed by atoms with E-state index in [1.807, 2.05) is 4.98 Å². The Morgan fingerprint density at radius 2 is 2.06 bits per heavy atom. The number of halogens is 3. The van der Waals surface area contributed by atoms with Crippen molar-refractivity contribution in [1.82, 2.24) is 4.98 Å². The van der Waals surface area contributed by atoms with Gasteiger partial charge in [0.2, 0.25) is 5.88 Å². The summed E-state index contributed by atoms with van der Waals surface area (Å²) < 4.78 is 44.0. The van der Waals surface area contributed by atoms with Gasteiger partial charge in [-0.15, -0.1) is 13.2 Å². The van der Waals surface area contributed by atoms with Crippen LogP contribution >= 0.6 is 0 Å². The predicted molar refractivity (Wildman–Crippen MR) is 54.2 cm³/mol. The van der Waals surface area contributed by atoms with Gasteiger partial charge in [-0.3, -0.25) is 14.6 Å². The Morgan fingerprint density at radius 3 is 2.56 bits per heavy atom. The van der Waals surface area contributed by atoms with Crippen LogP contribution in [0.25, 0.3) is 0 Å². The average molecular weight is 265 g/mol. The van der Waals surface area contributed by atoms with Crippen LogP contribution in [-0.4, -0.2) is 24.4 Å². The summed E-state index contributed by atoms with van der Waals surface area (Å²) >= 11 is 0. The number of carbonyl (C=O) groups excluding carboxylic acids is 1. The lowest BCUT2D eigenvalue weighted by Gasteiger charge is -2.10. The molecular formula is C10H10F3NO4. The van der Waals surface area contributed by atoms with Gasteiger partial charge in [0.05, 0.1) is 13.5 Å². The standard InChI is InChI=1S/C10H10F3NO4/c1-5-6(4-8(15)17-2)3-7(14-9(5)16)18-10(11,12)13/h3H,4H2,1-2H3,(H,14,16). The van der Waals surface area contributed by atoms with Crippen LogP contribution in [0.1, 0.15) is 11.1 Å². The van der Waals surface area contributed by atoms with E-state index in [4.69, 9.17) is 0 Å². The fraction of sp³-hybridized carbons (Fsp3) is 0.400. The Kier molecular flexibility index (Phi) is 4.00. The van der Waals surface area contributed by atoms with Crippen molar-refractivity contribution in [1.29, 1.82) is 0 Å². The zero-order valence-electron chi connectivity index (χ0n) is 9.55. The molecule has 1 aromatic heterocycles. The van der Waals surface area contributed by atoms with Gasteiger partial charge in [-0.25, -0.2) is 0 Å². The van der Waals surface area contributed by atoms with Crippen molar-refractivity contribution in [2.45, 2.75) is 19.7 Å². The molecule has 18 heavy (non-hydrogen) atoms. The Morgan fingerprint density at radius 1 is 1.44 bits per heavy atom. The molecule has 0 amide bonds. The van der Waals surface area contributed by atoms with Crippen molar-refractivity contribution in [2.75, 3.05) is 7.11 Å². The van der Waals surface area contributed by atoms with Gasteiger partial charge in [-0.05, 0) is 12.5 Å². The molecule has 1 N–H and O–H groups in total. The Bertz CT molecular complexity index is 507. The zero-order valence-corrected chi connectivity index (χ0v) is 9.55. The lowest BCUT2D eigenvalue weighted by Crippen LogP contribution is -2.22. The quantitative estimate of drug-likeness (QED) is 0.836. The molecule has 0 aromatic carbocycles. The lowest BCUT2D eigenvalue weighted by molar-refractivity contribution is -0.276. The molecule has 1 heterocycles. The van der Waals surface area contributed by atoms with Crippen LogP contribution in [0.3, 0.4) is 0 Å². The highest BCUT2D eigenvalue weighted by Gasteiger charge is 2.32. The first-order chi connectivity index (χ1) is 8.23. The number of alkyl halides is 3. The summed E-state index contributed by atoms with van der Waals surface area (Å²) in [6.07, 6.45) is -5.22. The van der Waals surface area contributed by atoms with E-state index < -0.39 is 23.8 Å². The first-order valence-corrected chi connectivity index (χ1v) is 4.78. The maximum Gasteiger partial charge on any atom is 0.574 e. The maximum atomic E-state index is 12.0. The molecule has 0 fully saturated rings.